The fourth-order valence-electron chi connectivity index (χ4n) is 6.17. The lowest BCUT2D eigenvalue weighted by atomic mass is 9.47. The maximum absolute atomic E-state index is 9.37. The Bertz CT molecular complexity index is 740. The van der Waals surface area contributed by atoms with Crippen LogP contribution in [0.4, 0.5) is 5.82 Å². The SMILES string of the molecule is CSc1ncc(C#N)c(NCC23CC4C[C@H](C2)C2(OCCO2)[C@@H](C4)C3)n1. The molecule has 1 spiro atoms. The number of nitriles is 1. The Balaban J connectivity index is 1.37. The van der Waals surface area contributed by atoms with Crippen LogP contribution < -0.4 is 5.32 Å². The highest BCUT2D eigenvalue weighted by Gasteiger charge is 2.64. The lowest BCUT2D eigenvalue weighted by Crippen LogP contribution is -2.62. The normalized spacial score (nSPS) is 36.4. The highest BCUT2D eigenvalue weighted by molar-refractivity contribution is 7.98. The van der Waals surface area contributed by atoms with Crippen molar-refractivity contribution in [3.63, 3.8) is 0 Å². The summed E-state index contributed by atoms with van der Waals surface area (Å²) >= 11 is 1.50. The topological polar surface area (TPSA) is 80.1 Å². The van der Waals surface area contributed by atoms with Gasteiger partial charge in [0.1, 0.15) is 17.5 Å². The van der Waals surface area contributed by atoms with Gasteiger partial charge in [-0.3, -0.25) is 0 Å². The molecular weight excluding hydrogens is 348 g/mol. The van der Waals surface area contributed by atoms with Crippen molar-refractivity contribution in [2.75, 3.05) is 31.3 Å². The molecule has 6 rings (SSSR count). The van der Waals surface area contributed by atoms with Gasteiger partial charge in [-0.2, -0.15) is 5.26 Å². The molecule has 1 aromatic heterocycles. The van der Waals surface area contributed by atoms with E-state index in [1.165, 1.54) is 31.0 Å². The van der Waals surface area contributed by atoms with Gasteiger partial charge in [-0.05, 0) is 49.7 Å². The molecule has 5 aliphatic rings. The number of nitrogens with zero attached hydrogens (tertiary/aromatic N) is 3. The van der Waals surface area contributed by atoms with Gasteiger partial charge in [0.05, 0.1) is 19.4 Å². The minimum atomic E-state index is -0.292. The van der Waals surface area contributed by atoms with Crippen LogP contribution in [0.2, 0.25) is 0 Å². The van der Waals surface area contributed by atoms with E-state index in [-0.39, 0.29) is 11.2 Å². The number of anilines is 1. The molecule has 5 fully saturated rings. The summed E-state index contributed by atoms with van der Waals surface area (Å²) in [5.74, 6) is 2.20. The molecule has 7 heteroatoms. The van der Waals surface area contributed by atoms with E-state index < -0.39 is 0 Å². The van der Waals surface area contributed by atoms with Crippen LogP contribution in [0.25, 0.3) is 0 Å². The second-order valence-corrected chi connectivity index (χ2v) is 9.12. The average Bonchev–Trinajstić information content (AvgIpc) is 3.15. The molecule has 4 saturated carbocycles. The molecule has 4 aliphatic carbocycles. The van der Waals surface area contributed by atoms with Gasteiger partial charge in [0.2, 0.25) is 0 Å². The van der Waals surface area contributed by atoms with Crippen molar-refractivity contribution >= 4 is 17.6 Å². The Kier molecular flexibility index (Phi) is 3.93. The van der Waals surface area contributed by atoms with Crippen LogP contribution in [0.5, 0.6) is 0 Å². The van der Waals surface area contributed by atoms with E-state index in [1.807, 2.05) is 6.26 Å². The van der Waals surface area contributed by atoms with Crippen LogP contribution in [0.15, 0.2) is 11.4 Å². The van der Waals surface area contributed by atoms with Crippen molar-refractivity contribution < 1.29 is 9.47 Å². The van der Waals surface area contributed by atoms with Gasteiger partial charge in [0.25, 0.3) is 0 Å². The Hall–Kier alpha value is -1.36. The average molecular weight is 372 g/mol. The second kappa shape index (κ2) is 6.08. The minimum absolute atomic E-state index is 0.272. The second-order valence-electron chi connectivity index (χ2n) is 8.35. The van der Waals surface area contributed by atoms with Gasteiger partial charge < -0.3 is 14.8 Å². The molecule has 4 bridgehead atoms. The standard InChI is InChI=1S/C19H24N4O2S/c1-26-17-21-10-13(9-20)16(23-17)22-11-18-6-12-4-14(7-18)19(15(5-12)8-18)24-2-3-25-19/h10,12,14-15H,2-8,11H2,1H3,(H,21,22,23)/t12?,14-,15+,18?. The Labute approximate surface area is 158 Å². The lowest BCUT2D eigenvalue weighted by Gasteiger charge is -2.63. The zero-order valence-corrected chi connectivity index (χ0v) is 15.8. The summed E-state index contributed by atoms with van der Waals surface area (Å²) < 4.78 is 12.4. The molecule has 26 heavy (non-hydrogen) atoms. The maximum atomic E-state index is 9.37. The Morgan fingerprint density at radius 2 is 2.00 bits per heavy atom. The van der Waals surface area contributed by atoms with Gasteiger partial charge in [0.15, 0.2) is 10.9 Å². The molecule has 1 aliphatic heterocycles. The zero-order valence-electron chi connectivity index (χ0n) is 15.0. The van der Waals surface area contributed by atoms with E-state index in [0.29, 0.717) is 28.4 Å². The van der Waals surface area contributed by atoms with Crippen molar-refractivity contribution in [2.24, 2.45) is 23.2 Å². The van der Waals surface area contributed by atoms with Crippen LogP contribution in [0.1, 0.15) is 37.7 Å². The van der Waals surface area contributed by atoms with Gasteiger partial charge >= 0.3 is 0 Å². The predicted octanol–water partition coefficient (Wildman–Crippen LogP) is 3.05. The van der Waals surface area contributed by atoms with Gasteiger partial charge in [-0.25, -0.2) is 9.97 Å². The van der Waals surface area contributed by atoms with Crippen molar-refractivity contribution in [1.82, 2.24) is 9.97 Å². The number of hydrogen-bond donors (Lipinski definition) is 1. The summed E-state index contributed by atoms with van der Waals surface area (Å²) in [7, 11) is 0. The lowest BCUT2D eigenvalue weighted by molar-refractivity contribution is -0.301. The number of thioether (sulfide) groups is 1. The first-order valence-corrected chi connectivity index (χ1v) is 10.7. The summed E-state index contributed by atoms with van der Waals surface area (Å²) in [6.45, 7) is 2.35. The third kappa shape index (κ3) is 2.46. The third-order valence-corrected chi connectivity index (χ3v) is 7.46. The molecule has 0 aromatic carbocycles. The van der Waals surface area contributed by atoms with Crippen molar-refractivity contribution in [3.05, 3.63) is 11.8 Å². The van der Waals surface area contributed by atoms with Crippen LogP contribution in [0, 0.1) is 34.5 Å². The molecule has 1 N–H and O–H groups in total. The highest BCUT2D eigenvalue weighted by atomic mass is 32.2. The first kappa shape index (κ1) is 16.8. The Morgan fingerprint density at radius 3 is 2.65 bits per heavy atom. The van der Waals surface area contributed by atoms with E-state index in [9.17, 15) is 5.26 Å². The monoisotopic (exact) mass is 372 g/mol. The van der Waals surface area contributed by atoms with E-state index in [1.54, 1.807) is 6.20 Å². The smallest absolute Gasteiger partial charge is 0.189 e. The fourth-order valence-corrected chi connectivity index (χ4v) is 6.51. The molecule has 2 heterocycles. The van der Waals surface area contributed by atoms with Crippen molar-refractivity contribution in [3.8, 4) is 6.07 Å². The fraction of sp³-hybridized carbons (Fsp3) is 0.737. The van der Waals surface area contributed by atoms with Crippen LogP contribution >= 0.6 is 11.8 Å². The van der Waals surface area contributed by atoms with Crippen LogP contribution in [-0.4, -0.2) is 41.8 Å². The summed E-state index contributed by atoms with van der Waals surface area (Å²) in [5.41, 5.74) is 0.792. The highest BCUT2D eigenvalue weighted by Crippen LogP contribution is 2.65. The first-order valence-electron chi connectivity index (χ1n) is 9.49. The number of ether oxygens (including phenoxy) is 2. The third-order valence-electron chi connectivity index (χ3n) is 6.89. The molecule has 4 atom stereocenters. The quantitative estimate of drug-likeness (QED) is 0.643. The van der Waals surface area contributed by atoms with Crippen LogP contribution in [0.3, 0.4) is 0 Å². The largest absolute Gasteiger partial charge is 0.368 e. The molecule has 0 radical (unpaired) electrons. The summed E-state index contributed by atoms with van der Waals surface area (Å²) in [5, 5.41) is 13.6. The van der Waals surface area contributed by atoms with Gasteiger partial charge in [0, 0.05) is 18.4 Å². The molecule has 1 aromatic rings. The number of rotatable bonds is 4. The molecule has 138 valence electrons. The first-order chi connectivity index (χ1) is 12.7. The van der Waals surface area contributed by atoms with Crippen molar-refractivity contribution in [2.45, 2.75) is 43.0 Å². The van der Waals surface area contributed by atoms with Gasteiger partial charge in [-0.1, -0.05) is 11.8 Å². The molecule has 2 unspecified atom stereocenters. The molecular formula is C19H24N4O2S. The minimum Gasteiger partial charge on any atom is -0.368 e. The number of nitrogens with one attached hydrogen (secondary N) is 1. The number of aromatic nitrogens is 2. The van der Waals surface area contributed by atoms with E-state index in [2.05, 4.69) is 21.4 Å². The molecule has 0 amide bonds. The predicted molar refractivity (Wildman–Crippen MR) is 97.6 cm³/mol. The summed E-state index contributed by atoms with van der Waals surface area (Å²) in [6.07, 6.45) is 9.62. The van der Waals surface area contributed by atoms with E-state index in [0.717, 1.165) is 38.5 Å². The summed E-state index contributed by atoms with van der Waals surface area (Å²) in [4.78, 5) is 8.73. The summed E-state index contributed by atoms with van der Waals surface area (Å²) in [6, 6.07) is 2.21. The van der Waals surface area contributed by atoms with E-state index >= 15 is 0 Å². The van der Waals surface area contributed by atoms with Crippen molar-refractivity contribution in [1.29, 1.82) is 5.26 Å². The Morgan fingerprint density at radius 1 is 1.27 bits per heavy atom. The van der Waals surface area contributed by atoms with Gasteiger partial charge in [-0.15, -0.1) is 0 Å². The van der Waals surface area contributed by atoms with Crippen LogP contribution in [-0.2, 0) is 9.47 Å². The number of hydrogen-bond acceptors (Lipinski definition) is 7. The molecule has 6 nitrogen and oxygen atoms in total. The maximum Gasteiger partial charge on any atom is 0.189 e. The van der Waals surface area contributed by atoms with E-state index in [4.69, 9.17) is 9.47 Å². The molecule has 1 saturated heterocycles. The zero-order chi connectivity index (χ0) is 17.8.